The summed E-state index contributed by atoms with van der Waals surface area (Å²) in [4.78, 5) is 0. The van der Waals surface area contributed by atoms with Crippen LogP contribution in [0.4, 0.5) is 0 Å². The first-order chi connectivity index (χ1) is 7.97. The van der Waals surface area contributed by atoms with E-state index in [2.05, 4.69) is 33.1 Å². The number of nitrogens with zero attached hydrogens (tertiary/aromatic N) is 1. The molecule has 0 atom stereocenters. The van der Waals surface area contributed by atoms with Crippen molar-refractivity contribution >= 4 is 0 Å². The van der Waals surface area contributed by atoms with Gasteiger partial charge in [0.25, 0.3) is 0 Å². The molecular weight excluding hydrogens is 218 g/mol. The molecule has 0 radical (unpaired) electrons. The monoisotopic (exact) mass is 250 g/mol. The molecule has 0 unspecified atom stereocenters. The Bertz CT molecular complexity index is 135. The van der Waals surface area contributed by atoms with Crippen molar-refractivity contribution in [3.8, 4) is 0 Å². The van der Waals surface area contributed by atoms with Crippen LogP contribution in [0.15, 0.2) is 0 Å². The molecule has 0 spiro atoms. The van der Waals surface area contributed by atoms with Crippen LogP contribution >= 0.6 is 0 Å². The fraction of sp³-hybridized carbons (Fsp3) is 1.00. The summed E-state index contributed by atoms with van der Waals surface area (Å²) in [5, 5.41) is 15.5. The number of rotatable bonds is 9. The van der Waals surface area contributed by atoms with Gasteiger partial charge in [0, 0.05) is 0 Å². The van der Waals surface area contributed by atoms with E-state index in [1.165, 1.54) is 57.9 Å². The molecular formula is C13H32NO3+. The number of quaternary nitrogens is 1. The Morgan fingerprint density at radius 2 is 1.12 bits per heavy atom. The van der Waals surface area contributed by atoms with Gasteiger partial charge in [0.2, 0.25) is 0 Å². The minimum Gasteiger partial charge on any atom is -0.331 e. The zero-order chi connectivity index (χ0) is 13.6. The predicted octanol–water partition coefficient (Wildman–Crippen LogP) is 3.78. The van der Waals surface area contributed by atoms with E-state index >= 15 is 0 Å². The van der Waals surface area contributed by atoms with Gasteiger partial charge in [-0.15, -0.1) is 0 Å². The highest BCUT2D eigenvalue weighted by molar-refractivity contribution is 4.45. The normalized spacial score (nSPS) is 10.9. The Kier molecular flexibility index (Phi) is 15.7. The molecule has 0 amide bonds. The molecule has 0 aromatic rings. The molecule has 0 aliphatic carbocycles. The van der Waals surface area contributed by atoms with E-state index in [1.807, 2.05) is 0 Å². The van der Waals surface area contributed by atoms with Gasteiger partial charge in [0.1, 0.15) is 0 Å². The molecule has 0 rings (SSSR count). The molecule has 0 heterocycles. The second-order valence-corrected chi connectivity index (χ2v) is 5.57. The summed E-state index contributed by atoms with van der Waals surface area (Å²) in [6, 6.07) is 0. The van der Waals surface area contributed by atoms with Crippen LogP contribution in [0, 0.1) is 0 Å². The van der Waals surface area contributed by atoms with Crippen LogP contribution < -0.4 is 0 Å². The molecule has 0 aliphatic rings. The first kappa shape index (κ1) is 19.2. The van der Waals surface area contributed by atoms with E-state index in [9.17, 15) is 0 Å². The van der Waals surface area contributed by atoms with Crippen LogP contribution in [0.1, 0.15) is 58.3 Å². The van der Waals surface area contributed by atoms with Crippen LogP contribution in [0.2, 0.25) is 0 Å². The van der Waals surface area contributed by atoms with Crippen LogP contribution in [0.25, 0.3) is 0 Å². The summed E-state index contributed by atoms with van der Waals surface area (Å²) < 4.78 is 1.12. The molecule has 0 fully saturated rings. The topological polar surface area (TPSA) is 49.7 Å². The van der Waals surface area contributed by atoms with Gasteiger partial charge in [-0.25, -0.2) is 10.5 Å². The van der Waals surface area contributed by atoms with Crippen LogP contribution in [0.3, 0.4) is 0 Å². The molecule has 0 aromatic carbocycles. The quantitative estimate of drug-likeness (QED) is 0.283. The highest BCUT2D eigenvalue weighted by Crippen LogP contribution is 2.09. The maximum absolute atomic E-state index is 6.62. The second-order valence-electron chi connectivity index (χ2n) is 5.57. The van der Waals surface area contributed by atoms with Gasteiger partial charge in [0.15, 0.2) is 0 Å². The van der Waals surface area contributed by atoms with Crippen LogP contribution in [-0.4, -0.2) is 42.7 Å². The molecule has 17 heavy (non-hydrogen) atoms. The Hall–Kier alpha value is -0.160. The zero-order valence-electron chi connectivity index (χ0n) is 12.1. The molecule has 0 saturated heterocycles. The lowest BCUT2D eigenvalue weighted by Gasteiger charge is -2.23. The van der Waals surface area contributed by atoms with Crippen molar-refractivity contribution in [1.29, 1.82) is 0 Å². The minimum atomic E-state index is 1.12. The fourth-order valence-corrected chi connectivity index (χ4v) is 1.72. The predicted molar refractivity (Wildman–Crippen MR) is 71.9 cm³/mol. The molecule has 0 saturated carbocycles. The van der Waals surface area contributed by atoms with Gasteiger partial charge in [0.05, 0.1) is 27.7 Å². The molecule has 0 aromatic heterocycles. The first-order valence-corrected chi connectivity index (χ1v) is 6.73. The lowest BCUT2D eigenvalue weighted by atomic mass is 10.1. The van der Waals surface area contributed by atoms with E-state index in [1.54, 1.807) is 0 Å². The maximum atomic E-state index is 6.62. The number of hydrogen-bond acceptors (Lipinski definition) is 3. The van der Waals surface area contributed by atoms with Crippen molar-refractivity contribution in [3.63, 3.8) is 0 Å². The van der Waals surface area contributed by atoms with Gasteiger partial charge >= 0.3 is 0 Å². The van der Waals surface area contributed by atoms with Gasteiger partial charge in [-0.3, -0.25) is 0 Å². The third-order valence-electron chi connectivity index (χ3n) is 2.68. The van der Waals surface area contributed by atoms with E-state index in [4.69, 9.17) is 10.5 Å². The lowest BCUT2D eigenvalue weighted by Crippen LogP contribution is -2.35. The average Bonchev–Trinajstić information content (AvgIpc) is 2.22. The van der Waals surface area contributed by atoms with Crippen LogP contribution in [0.5, 0.6) is 0 Å². The smallest absolute Gasteiger partial charge is 0.0780 e. The van der Waals surface area contributed by atoms with E-state index in [0.717, 1.165) is 4.48 Å². The SMILES string of the molecule is CCCCCCCCCC[N+](C)(C)C.OOO. The van der Waals surface area contributed by atoms with Crippen molar-refractivity contribution in [2.75, 3.05) is 27.7 Å². The highest BCUT2D eigenvalue weighted by Gasteiger charge is 2.04. The maximum Gasteiger partial charge on any atom is 0.0780 e. The van der Waals surface area contributed by atoms with E-state index in [-0.39, 0.29) is 0 Å². The second kappa shape index (κ2) is 13.9. The molecule has 4 nitrogen and oxygen atoms in total. The number of unbranched alkanes of at least 4 members (excludes halogenated alkanes) is 7. The lowest BCUT2D eigenvalue weighted by molar-refractivity contribution is -0.870. The van der Waals surface area contributed by atoms with Crippen molar-refractivity contribution in [3.05, 3.63) is 0 Å². The van der Waals surface area contributed by atoms with Gasteiger partial charge in [-0.05, 0) is 12.8 Å². The fourth-order valence-electron chi connectivity index (χ4n) is 1.72. The third kappa shape index (κ3) is 25.8. The minimum absolute atomic E-state index is 1.12. The third-order valence-corrected chi connectivity index (χ3v) is 2.68. The summed E-state index contributed by atoms with van der Waals surface area (Å²) in [7, 11) is 6.84. The van der Waals surface area contributed by atoms with E-state index in [0.29, 0.717) is 0 Å². The van der Waals surface area contributed by atoms with Gasteiger partial charge < -0.3 is 4.48 Å². The Labute approximate surface area is 107 Å². The molecule has 2 N–H and O–H groups in total. The molecule has 106 valence electrons. The molecule has 0 aliphatic heterocycles. The average molecular weight is 250 g/mol. The van der Waals surface area contributed by atoms with E-state index < -0.39 is 0 Å². The zero-order valence-corrected chi connectivity index (χ0v) is 12.1. The first-order valence-electron chi connectivity index (χ1n) is 6.73. The highest BCUT2D eigenvalue weighted by atomic mass is 17.4. The molecule has 4 heteroatoms. The Morgan fingerprint density at radius 1 is 0.765 bits per heavy atom. The largest absolute Gasteiger partial charge is 0.331 e. The van der Waals surface area contributed by atoms with Crippen molar-refractivity contribution < 1.29 is 20.0 Å². The van der Waals surface area contributed by atoms with Crippen LogP contribution in [-0.2, 0) is 5.04 Å². The number of hydrogen-bond donors (Lipinski definition) is 2. The standard InChI is InChI=1S/C13H30N.H2O3/c1-5-6-7-8-9-10-11-12-13-14(2,3)4;1-3-2/h5-13H2,1-4H3;1-2H/q+1;. The van der Waals surface area contributed by atoms with Gasteiger partial charge in [-0.2, -0.15) is 0 Å². The van der Waals surface area contributed by atoms with Crippen molar-refractivity contribution in [1.82, 2.24) is 0 Å². The summed E-state index contributed by atoms with van der Waals surface area (Å²) in [5.41, 5.74) is 0. The summed E-state index contributed by atoms with van der Waals surface area (Å²) >= 11 is 0. The summed E-state index contributed by atoms with van der Waals surface area (Å²) in [6.07, 6.45) is 11.4. The van der Waals surface area contributed by atoms with Crippen molar-refractivity contribution in [2.24, 2.45) is 0 Å². The molecule has 0 bridgehead atoms. The van der Waals surface area contributed by atoms with Crippen molar-refractivity contribution in [2.45, 2.75) is 58.3 Å². The Morgan fingerprint density at radius 3 is 1.47 bits per heavy atom. The van der Waals surface area contributed by atoms with Gasteiger partial charge in [-0.1, -0.05) is 50.5 Å². The summed E-state index contributed by atoms with van der Waals surface area (Å²) in [5.74, 6) is 0. The summed E-state index contributed by atoms with van der Waals surface area (Å²) in [6.45, 7) is 3.61. The Balaban J connectivity index is 0.